The lowest BCUT2D eigenvalue weighted by molar-refractivity contribution is -0.132. The second-order valence-corrected chi connectivity index (χ2v) is 8.73. The van der Waals surface area contributed by atoms with Crippen molar-refractivity contribution in [2.24, 2.45) is 0 Å². The van der Waals surface area contributed by atoms with Gasteiger partial charge in [-0.3, -0.25) is 4.79 Å². The fourth-order valence-corrected chi connectivity index (χ4v) is 3.58. The largest absolute Gasteiger partial charge is 0.459 e. The van der Waals surface area contributed by atoms with Gasteiger partial charge >= 0.3 is 0 Å². The van der Waals surface area contributed by atoms with E-state index in [0.717, 1.165) is 15.3 Å². The van der Waals surface area contributed by atoms with Crippen LogP contribution in [0.3, 0.4) is 0 Å². The fourth-order valence-electron chi connectivity index (χ4n) is 2.76. The minimum atomic E-state index is -3.76. The Hall–Kier alpha value is -3.24. The van der Waals surface area contributed by atoms with Crippen molar-refractivity contribution < 1.29 is 22.0 Å². The summed E-state index contributed by atoms with van der Waals surface area (Å²) in [6.45, 7) is 2.12. The third-order valence-electron chi connectivity index (χ3n) is 4.40. The van der Waals surface area contributed by atoms with E-state index in [9.17, 15) is 13.2 Å². The number of hydrogen-bond donors (Lipinski definition) is 0. The van der Waals surface area contributed by atoms with Crippen molar-refractivity contribution in [3.8, 4) is 11.7 Å². The van der Waals surface area contributed by atoms with Crippen LogP contribution < -0.4 is 0 Å². The van der Waals surface area contributed by atoms with E-state index in [0.29, 0.717) is 18.7 Å². The molecule has 1 aromatic carbocycles. The van der Waals surface area contributed by atoms with Gasteiger partial charge in [-0.1, -0.05) is 37.3 Å². The summed E-state index contributed by atoms with van der Waals surface area (Å²) in [6, 6.07) is 12.5. The van der Waals surface area contributed by atoms with Gasteiger partial charge in [-0.2, -0.15) is 4.31 Å². The lowest BCUT2D eigenvalue weighted by Crippen LogP contribution is -2.40. The fraction of sp³-hybridized carbons (Fsp3) is 0.286. The van der Waals surface area contributed by atoms with Crippen LogP contribution in [-0.2, 0) is 21.4 Å². The predicted octanol–water partition coefficient (Wildman–Crippen LogP) is 3.00. The molecule has 1 amide bonds. The Kier molecular flexibility index (Phi) is 7.37. The van der Waals surface area contributed by atoms with Crippen molar-refractivity contribution in [3.63, 3.8) is 0 Å². The number of amides is 1. The Morgan fingerprint density at radius 2 is 1.90 bits per heavy atom. The lowest BCUT2D eigenvalue weighted by atomic mass is 10.2. The minimum Gasteiger partial charge on any atom is -0.459 e. The van der Waals surface area contributed by atoms with E-state index >= 15 is 0 Å². The summed E-state index contributed by atoms with van der Waals surface area (Å²) in [7, 11) is -2.39. The molecule has 0 N–H and O–H groups in total. The molecule has 0 saturated carbocycles. The number of likely N-dealkylation sites (N-methyl/N-ethyl adjacent to an activating group) is 1. The topological polar surface area (TPSA) is 110 Å². The molecular formula is C21H24N4O5S. The van der Waals surface area contributed by atoms with Crippen LogP contribution in [0.5, 0.6) is 0 Å². The van der Waals surface area contributed by atoms with E-state index in [1.54, 1.807) is 24.3 Å². The summed E-state index contributed by atoms with van der Waals surface area (Å²) in [4.78, 5) is 14.3. The van der Waals surface area contributed by atoms with Crippen molar-refractivity contribution in [1.82, 2.24) is 19.4 Å². The van der Waals surface area contributed by atoms with Crippen molar-refractivity contribution >= 4 is 22.0 Å². The monoisotopic (exact) mass is 444 g/mol. The van der Waals surface area contributed by atoms with Gasteiger partial charge in [0.25, 0.3) is 5.89 Å². The molecule has 0 aliphatic rings. The minimum absolute atomic E-state index is 0.0775. The number of rotatable bonds is 10. The van der Waals surface area contributed by atoms with Gasteiger partial charge in [-0.05, 0) is 30.2 Å². The van der Waals surface area contributed by atoms with Crippen molar-refractivity contribution in [1.29, 1.82) is 0 Å². The van der Waals surface area contributed by atoms with Crippen LogP contribution in [0.4, 0.5) is 0 Å². The molecule has 2 aromatic heterocycles. The quantitative estimate of drug-likeness (QED) is 0.473. The van der Waals surface area contributed by atoms with Gasteiger partial charge in [0.2, 0.25) is 21.8 Å². The maximum absolute atomic E-state index is 12.8. The lowest BCUT2D eigenvalue weighted by Gasteiger charge is -2.23. The molecule has 0 atom stereocenters. The standard InChI is InChI=1S/C21H24N4O5S/c1-3-12-25(15-19-22-23-21(30-19)18-10-7-13-29-18)20(26)16-24(2)31(27,28)14-11-17-8-5-4-6-9-17/h4-11,13-14H,3,12,15-16H2,1-2H3. The number of carbonyl (C=O) groups excluding carboxylic acids is 1. The van der Waals surface area contributed by atoms with Crippen LogP contribution in [0.1, 0.15) is 24.8 Å². The molecule has 0 radical (unpaired) electrons. The number of benzene rings is 1. The van der Waals surface area contributed by atoms with E-state index in [1.165, 1.54) is 24.3 Å². The van der Waals surface area contributed by atoms with Crippen molar-refractivity contribution in [2.45, 2.75) is 19.9 Å². The van der Waals surface area contributed by atoms with Gasteiger partial charge in [0.05, 0.1) is 19.4 Å². The Bertz CT molecular complexity index is 1110. The molecule has 0 unspecified atom stereocenters. The van der Waals surface area contributed by atoms with Gasteiger partial charge in [0.15, 0.2) is 5.76 Å². The van der Waals surface area contributed by atoms with Crippen LogP contribution in [0.25, 0.3) is 17.7 Å². The summed E-state index contributed by atoms with van der Waals surface area (Å²) >= 11 is 0. The average molecular weight is 445 g/mol. The van der Waals surface area contributed by atoms with E-state index in [2.05, 4.69) is 10.2 Å². The highest BCUT2D eigenvalue weighted by molar-refractivity contribution is 7.92. The molecule has 164 valence electrons. The summed E-state index contributed by atoms with van der Waals surface area (Å²) in [6.07, 6.45) is 3.68. The highest BCUT2D eigenvalue weighted by Gasteiger charge is 2.23. The van der Waals surface area contributed by atoms with Gasteiger partial charge < -0.3 is 13.7 Å². The van der Waals surface area contributed by atoms with E-state index in [4.69, 9.17) is 8.83 Å². The zero-order valence-electron chi connectivity index (χ0n) is 17.3. The number of aromatic nitrogens is 2. The second-order valence-electron chi connectivity index (χ2n) is 6.81. The highest BCUT2D eigenvalue weighted by Crippen LogP contribution is 2.18. The van der Waals surface area contributed by atoms with E-state index in [1.807, 2.05) is 25.1 Å². The normalized spacial score (nSPS) is 12.0. The van der Waals surface area contributed by atoms with Crippen LogP contribution >= 0.6 is 0 Å². The molecule has 2 heterocycles. The zero-order valence-corrected chi connectivity index (χ0v) is 18.2. The Labute approximate surface area is 181 Å². The Morgan fingerprint density at radius 1 is 1.13 bits per heavy atom. The van der Waals surface area contributed by atoms with Crippen molar-refractivity contribution in [2.75, 3.05) is 20.1 Å². The third kappa shape index (κ3) is 6.12. The molecule has 31 heavy (non-hydrogen) atoms. The molecule has 0 aliphatic carbocycles. The first-order valence-corrected chi connectivity index (χ1v) is 11.2. The molecule has 0 fully saturated rings. The van der Waals surface area contributed by atoms with Crippen molar-refractivity contribution in [3.05, 3.63) is 65.6 Å². The molecular weight excluding hydrogens is 420 g/mol. The Morgan fingerprint density at radius 3 is 2.58 bits per heavy atom. The Balaban J connectivity index is 1.65. The number of hydrogen-bond acceptors (Lipinski definition) is 7. The van der Waals surface area contributed by atoms with Gasteiger partial charge in [-0.15, -0.1) is 10.2 Å². The molecule has 3 aromatic rings. The van der Waals surface area contributed by atoms with Gasteiger partial charge in [0.1, 0.15) is 0 Å². The third-order valence-corrected chi connectivity index (χ3v) is 5.87. The van der Waals surface area contributed by atoms with Gasteiger partial charge in [-0.25, -0.2) is 8.42 Å². The first kappa shape index (κ1) is 22.4. The maximum atomic E-state index is 12.8. The summed E-state index contributed by atoms with van der Waals surface area (Å²) in [5.41, 5.74) is 0.752. The number of sulfonamides is 1. The number of carbonyl (C=O) groups is 1. The molecule has 0 bridgehead atoms. The van der Waals surface area contributed by atoms with Crippen LogP contribution in [0.2, 0.25) is 0 Å². The number of furan rings is 1. The highest BCUT2D eigenvalue weighted by atomic mass is 32.2. The second kappa shape index (κ2) is 10.2. The smallest absolute Gasteiger partial charge is 0.283 e. The predicted molar refractivity (Wildman–Crippen MR) is 115 cm³/mol. The van der Waals surface area contributed by atoms with Crippen LogP contribution in [-0.4, -0.2) is 53.9 Å². The van der Waals surface area contributed by atoms with Gasteiger partial charge in [0, 0.05) is 19.0 Å². The summed E-state index contributed by atoms with van der Waals surface area (Å²) in [5, 5.41) is 8.97. The SMILES string of the molecule is CCCN(Cc1nnc(-c2ccco2)o1)C(=O)CN(C)S(=O)(=O)C=Cc1ccccc1. The molecule has 10 heteroatoms. The first-order valence-electron chi connectivity index (χ1n) is 9.72. The first-order chi connectivity index (χ1) is 14.9. The molecule has 0 spiro atoms. The maximum Gasteiger partial charge on any atom is 0.283 e. The molecule has 0 aliphatic heterocycles. The van der Waals surface area contributed by atoms with Crippen LogP contribution in [0, 0.1) is 0 Å². The average Bonchev–Trinajstić information content (AvgIpc) is 3.44. The zero-order chi connectivity index (χ0) is 22.3. The van der Waals surface area contributed by atoms with Crippen LogP contribution in [0.15, 0.2) is 63.0 Å². The summed E-state index contributed by atoms with van der Waals surface area (Å²) < 4.78 is 36.9. The summed E-state index contributed by atoms with van der Waals surface area (Å²) in [5.74, 6) is 0.527. The molecule has 0 saturated heterocycles. The van der Waals surface area contributed by atoms with E-state index < -0.39 is 10.0 Å². The van der Waals surface area contributed by atoms with E-state index in [-0.39, 0.29) is 30.8 Å². The molecule has 3 rings (SSSR count). The molecule has 9 nitrogen and oxygen atoms in total. The number of nitrogens with zero attached hydrogens (tertiary/aromatic N) is 4.